The zero-order chi connectivity index (χ0) is 15.6. The minimum Gasteiger partial charge on any atom is -0.351 e. The number of halogens is 1. The number of rotatable bonds is 3. The molecule has 0 saturated heterocycles. The van der Waals surface area contributed by atoms with Gasteiger partial charge in [0.05, 0.1) is 4.92 Å². The van der Waals surface area contributed by atoms with Gasteiger partial charge in [0, 0.05) is 11.8 Å². The van der Waals surface area contributed by atoms with E-state index in [1.54, 1.807) is 6.92 Å². The lowest BCUT2D eigenvalue weighted by Crippen LogP contribution is -2.33. The summed E-state index contributed by atoms with van der Waals surface area (Å²) in [6, 6.07) is 6.18. The molecule has 0 aliphatic carbocycles. The molecule has 2 amide bonds. The van der Waals surface area contributed by atoms with Gasteiger partial charge in [0.15, 0.2) is 0 Å². The third kappa shape index (κ3) is 3.06. The van der Waals surface area contributed by atoms with E-state index in [2.05, 4.69) is 9.97 Å². The van der Waals surface area contributed by atoms with Gasteiger partial charge in [0.1, 0.15) is 10.8 Å². The van der Waals surface area contributed by atoms with Crippen LogP contribution in [0.15, 0.2) is 30.3 Å². The van der Waals surface area contributed by atoms with Crippen molar-refractivity contribution in [3.63, 3.8) is 0 Å². The molecule has 2 rings (SSSR count). The Bertz CT molecular complexity index is 702. The fourth-order valence-electron chi connectivity index (χ4n) is 1.75. The van der Waals surface area contributed by atoms with Crippen LogP contribution in [0.4, 0.5) is 22.1 Å². The number of aromatic nitrogens is 2. The van der Waals surface area contributed by atoms with Gasteiger partial charge in [0.25, 0.3) is 5.69 Å². The van der Waals surface area contributed by atoms with Gasteiger partial charge in [-0.05, 0) is 19.1 Å². The monoisotopic (exact) mass is 307 g/mol. The number of hydrogen-bond acceptors (Lipinski definition) is 5. The smallest absolute Gasteiger partial charge is 0.326 e. The standard InChI is InChI=1S/C12H10ClN5O3/c1-7-6-10(13)16-12(15-7)17(11(14)19)8-4-2-3-5-9(8)18(20)21/h2-6H,1H3,(H2,14,19). The number of carbonyl (C=O) groups is 1. The minimum absolute atomic E-state index is 0.0309. The largest absolute Gasteiger partial charge is 0.351 e. The van der Waals surface area contributed by atoms with Crippen molar-refractivity contribution in [2.45, 2.75) is 6.92 Å². The molecule has 0 atom stereocenters. The second kappa shape index (κ2) is 5.71. The Morgan fingerprint density at radius 2 is 2.05 bits per heavy atom. The van der Waals surface area contributed by atoms with Crippen LogP contribution in [0.3, 0.4) is 0 Å². The molecule has 21 heavy (non-hydrogen) atoms. The van der Waals surface area contributed by atoms with Gasteiger partial charge in [-0.25, -0.2) is 19.7 Å². The highest BCUT2D eigenvalue weighted by Crippen LogP contribution is 2.32. The second-order valence-corrected chi connectivity index (χ2v) is 4.44. The molecule has 8 nitrogen and oxygen atoms in total. The number of primary amides is 1. The summed E-state index contributed by atoms with van der Waals surface area (Å²) in [4.78, 5) is 30.9. The summed E-state index contributed by atoms with van der Waals surface area (Å²) in [6.07, 6.45) is 0. The molecule has 0 unspecified atom stereocenters. The first-order valence-electron chi connectivity index (χ1n) is 5.74. The molecule has 1 heterocycles. The number of nitro benzene ring substituents is 1. The number of carbonyl (C=O) groups excluding carboxylic acids is 1. The Labute approximate surface area is 124 Å². The van der Waals surface area contributed by atoms with Crippen LogP contribution in [-0.2, 0) is 0 Å². The summed E-state index contributed by atoms with van der Waals surface area (Å²) >= 11 is 5.82. The van der Waals surface area contributed by atoms with Crippen LogP contribution in [-0.4, -0.2) is 20.9 Å². The van der Waals surface area contributed by atoms with Crippen LogP contribution in [0.2, 0.25) is 5.15 Å². The topological polar surface area (TPSA) is 115 Å². The van der Waals surface area contributed by atoms with E-state index in [1.165, 1.54) is 30.3 Å². The molecule has 0 spiro atoms. The number of hydrogen-bond donors (Lipinski definition) is 1. The number of para-hydroxylation sites is 2. The molecule has 0 aliphatic heterocycles. The third-order valence-corrected chi connectivity index (χ3v) is 2.74. The lowest BCUT2D eigenvalue weighted by atomic mass is 10.2. The summed E-state index contributed by atoms with van der Waals surface area (Å²) in [5.41, 5.74) is 5.48. The van der Waals surface area contributed by atoms with Crippen molar-refractivity contribution in [1.82, 2.24) is 9.97 Å². The maximum absolute atomic E-state index is 11.7. The summed E-state index contributed by atoms with van der Waals surface area (Å²) in [6.45, 7) is 1.65. The SMILES string of the molecule is Cc1cc(Cl)nc(N(C(N)=O)c2ccccc2[N+](=O)[O-])n1. The number of nitro groups is 1. The first-order valence-corrected chi connectivity index (χ1v) is 6.12. The van der Waals surface area contributed by atoms with Gasteiger partial charge in [-0.1, -0.05) is 23.7 Å². The average molecular weight is 308 g/mol. The molecular formula is C12H10ClN5O3. The Kier molecular flexibility index (Phi) is 3.99. The van der Waals surface area contributed by atoms with Crippen molar-refractivity contribution in [3.05, 3.63) is 51.3 Å². The van der Waals surface area contributed by atoms with E-state index in [4.69, 9.17) is 17.3 Å². The molecule has 2 N–H and O–H groups in total. The number of amides is 2. The molecule has 2 aromatic rings. The van der Waals surface area contributed by atoms with Crippen LogP contribution in [0.5, 0.6) is 0 Å². The fraction of sp³-hybridized carbons (Fsp3) is 0.0833. The van der Waals surface area contributed by atoms with E-state index in [0.717, 1.165) is 4.90 Å². The summed E-state index contributed by atoms with van der Waals surface area (Å²) < 4.78 is 0. The van der Waals surface area contributed by atoms with Crippen molar-refractivity contribution in [2.75, 3.05) is 4.90 Å². The van der Waals surface area contributed by atoms with Crippen LogP contribution in [0.25, 0.3) is 0 Å². The summed E-state index contributed by atoms with van der Waals surface area (Å²) in [5.74, 6) is -0.123. The Hall–Kier alpha value is -2.74. The van der Waals surface area contributed by atoms with E-state index >= 15 is 0 Å². The Morgan fingerprint density at radius 3 is 2.62 bits per heavy atom. The van der Waals surface area contributed by atoms with E-state index in [1.807, 2.05) is 0 Å². The lowest BCUT2D eigenvalue weighted by molar-refractivity contribution is -0.384. The highest BCUT2D eigenvalue weighted by Gasteiger charge is 2.26. The first-order chi connectivity index (χ1) is 9.90. The van der Waals surface area contributed by atoms with Crippen molar-refractivity contribution < 1.29 is 9.72 Å². The predicted molar refractivity (Wildman–Crippen MR) is 76.6 cm³/mol. The van der Waals surface area contributed by atoms with Gasteiger partial charge in [-0.3, -0.25) is 10.1 Å². The van der Waals surface area contributed by atoms with Crippen molar-refractivity contribution in [2.24, 2.45) is 5.73 Å². The van der Waals surface area contributed by atoms with Crippen molar-refractivity contribution in [1.29, 1.82) is 0 Å². The normalized spacial score (nSPS) is 10.2. The molecule has 9 heteroatoms. The first kappa shape index (κ1) is 14.7. The Balaban J connectivity index is 2.65. The second-order valence-electron chi connectivity index (χ2n) is 4.05. The molecule has 108 valence electrons. The maximum Gasteiger partial charge on any atom is 0.326 e. The van der Waals surface area contributed by atoms with Crippen molar-refractivity contribution in [3.8, 4) is 0 Å². The molecule has 1 aromatic heterocycles. The number of nitrogens with two attached hydrogens (primary N) is 1. The lowest BCUT2D eigenvalue weighted by Gasteiger charge is -2.18. The average Bonchev–Trinajstić information content (AvgIpc) is 2.37. The molecule has 0 aliphatic rings. The quantitative estimate of drug-likeness (QED) is 0.531. The van der Waals surface area contributed by atoms with E-state index < -0.39 is 11.0 Å². The van der Waals surface area contributed by atoms with Crippen LogP contribution in [0.1, 0.15) is 5.69 Å². The maximum atomic E-state index is 11.7. The fourth-order valence-corrected chi connectivity index (χ4v) is 1.98. The van der Waals surface area contributed by atoms with Gasteiger partial charge in [-0.2, -0.15) is 0 Å². The number of urea groups is 1. The van der Waals surface area contributed by atoms with E-state index in [0.29, 0.717) is 5.69 Å². The summed E-state index contributed by atoms with van der Waals surface area (Å²) in [5, 5.41) is 11.2. The number of aryl methyl sites for hydroxylation is 1. The Morgan fingerprint density at radius 1 is 1.38 bits per heavy atom. The van der Waals surface area contributed by atoms with Gasteiger partial charge >= 0.3 is 6.03 Å². The highest BCUT2D eigenvalue weighted by atomic mass is 35.5. The molecule has 0 radical (unpaired) electrons. The zero-order valence-electron chi connectivity index (χ0n) is 10.9. The molecule has 1 aromatic carbocycles. The van der Waals surface area contributed by atoms with Crippen LogP contribution >= 0.6 is 11.6 Å². The van der Waals surface area contributed by atoms with Crippen LogP contribution in [0, 0.1) is 17.0 Å². The zero-order valence-corrected chi connectivity index (χ0v) is 11.6. The van der Waals surface area contributed by atoms with Gasteiger partial charge < -0.3 is 5.73 Å². The van der Waals surface area contributed by atoms with Gasteiger partial charge in [0.2, 0.25) is 5.95 Å². The molecular weight excluding hydrogens is 298 g/mol. The molecule has 0 fully saturated rings. The molecule has 0 saturated carbocycles. The molecule has 0 bridgehead atoms. The third-order valence-electron chi connectivity index (χ3n) is 2.55. The highest BCUT2D eigenvalue weighted by molar-refractivity contribution is 6.29. The van der Waals surface area contributed by atoms with Gasteiger partial charge in [-0.15, -0.1) is 0 Å². The minimum atomic E-state index is -0.953. The summed E-state index contributed by atoms with van der Waals surface area (Å²) in [7, 11) is 0. The predicted octanol–water partition coefficient (Wildman–Crippen LogP) is 2.56. The number of nitrogens with zero attached hydrogens (tertiary/aromatic N) is 4. The van der Waals surface area contributed by atoms with E-state index in [9.17, 15) is 14.9 Å². The van der Waals surface area contributed by atoms with Crippen LogP contribution < -0.4 is 10.6 Å². The number of benzene rings is 1. The van der Waals surface area contributed by atoms with E-state index in [-0.39, 0.29) is 22.5 Å². The van der Waals surface area contributed by atoms with Crippen molar-refractivity contribution >= 4 is 35.0 Å². The number of anilines is 2.